The second-order valence-corrected chi connectivity index (χ2v) is 12.1. The van der Waals surface area contributed by atoms with Crippen LogP contribution in [0.2, 0.25) is 0 Å². The SMILES string of the molecule is COc1ccc(-c2ccc(N(C)C)cc2)c(-c2ccc3cc(-c4nc5cc(C(=O)O)ccc5n4C4CCCCC4)ccc3n2)c1. The van der Waals surface area contributed by atoms with Gasteiger partial charge in [0.25, 0.3) is 0 Å². The van der Waals surface area contributed by atoms with Gasteiger partial charge in [-0.25, -0.2) is 14.8 Å². The lowest BCUT2D eigenvalue weighted by Crippen LogP contribution is -2.14. The average Bonchev–Trinajstić information content (AvgIpc) is 3.47. The molecule has 4 aromatic carbocycles. The summed E-state index contributed by atoms with van der Waals surface area (Å²) in [5.74, 6) is 0.716. The Bertz CT molecular complexity index is 2040. The number of nitrogens with zero attached hydrogens (tertiary/aromatic N) is 4. The zero-order chi connectivity index (χ0) is 31.1. The first-order valence-electron chi connectivity index (χ1n) is 15.5. The summed E-state index contributed by atoms with van der Waals surface area (Å²) in [5, 5.41) is 10.6. The molecule has 0 spiro atoms. The number of ether oxygens (including phenoxy) is 1. The first-order valence-corrected chi connectivity index (χ1v) is 15.5. The second kappa shape index (κ2) is 11.7. The summed E-state index contributed by atoms with van der Waals surface area (Å²) >= 11 is 0. The van der Waals surface area contributed by atoms with E-state index in [1.165, 1.54) is 19.3 Å². The van der Waals surface area contributed by atoms with Crippen molar-refractivity contribution in [2.45, 2.75) is 38.1 Å². The number of carboxylic acid groups (broad SMARTS) is 1. The molecule has 1 fully saturated rings. The number of pyridine rings is 1. The predicted octanol–water partition coefficient (Wildman–Crippen LogP) is 8.86. The van der Waals surface area contributed by atoms with E-state index in [1.54, 1.807) is 19.2 Å². The minimum Gasteiger partial charge on any atom is -0.497 e. The molecule has 1 aliphatic rings. The summed E-state index contributed by atoms with van der Waals surface area (Å²) in [6.45, 7) is 0. The van der Waals surface area contributed by atoms with Crippen LogP contribution in [0.25, 0.3) is 55.7 Å². The van der Waals surface area contributed by atoms with E-state index in [0.717, 1.165) is 74.5 Å². The molecular weight excluding hydrogens is 560 g/mol. The van der Waals surface area contributed by atoms with Crippen LogP contribution in [0.1, 0.15) is 48.5 Å². The van der Waals surface area contributed by atoms with Crippen LogP contribution in [0.15, 0.2) is 91.0 Å². The van der Waals surface area contributed by atoms with Crippen molar-refractivity contribution in [1.82, 2.24) is 14.5 Å². The molecule has 6 aromatic rings. The number of rotatable bonds is 7. The molecule has 7 nitrogen and oxygen atoms in total. The number of hydrogen-bond donors (Lipinski definition) is 1. The molecule has 0 aliphatic heterocycles. The van der Waals surface area contributed by atoms with E-state index < -0.39 is 5.97 Å². The smallest absolute Gasteiger partial charge is 0.335 e. The van der Waals surface area contributed by atoms with Gasteiger partial charge in [-0.3, -0.25) is 0 Å². The molecule has 0 radical (unpaired) electrons. The van der Waals surface area contributed by atoms with Crippen molar-refractivity contribution >= 4 is 33.6 Å². The van der Waals surface area contributed by atoms with Crippen LogP contribution in [-0.2, 0) is 0 Å². The van der Waals surface area contributed by atoms with Gasteiger partial charge in [-0.2, -0.15) is 0 Å². The van der Waals surface area contributed by atoms with Crippen molar-refractivity contribution in [3.63, 3.8) is 0 Å². The third kappa shape index (κ3) is 5.39. The molecule has 2 aromatic heterocycles. The van der Waals surface area contributed by atoms with Gasteiger partial charge in [0.15, 0.2) is 0 Å². The zero-order valence-corrected chi connectivity index (χ0v) is 25.8. The van der Waals surface area contributed by atoms with Gasteiger partial charge in [0, 0.05) is 42.3 Å². The molecule has 2 heterocycles. The van der Waals surface area contributed by atoms with Crippen LogP contribution in [0.3, 0.4) is 0 Å². The maximum atomic E-state index is 11.7. The molecule has 0 atom stereocenters. The Hall–Kier alpha value is -5.17. The molecule has 226 valence electrons. The number of anilines is 1. The number of methoxy groups -OCH3 is 1. The maximum absolute atomic E-state index is 11.7. The number of carbonyl (C=O) groups is 1. The first kappa shape index (κ1) is 28.6. The normalized spacial score (nSPS) is 13.8. The monoisotopic (exact) mass is 596 g/mol. The van der Waals surface area contributed by atoms with Crippen molar-refractivity contribution < 1.29 is 14.6 Å². The van der Waals surface area contributed by atoms with Gasteiger partial charge in [0.1, 0.15) is 11.6 Å². The Morgan fingerprint density at radius 2 is 1.58 bits per heavy atom. The predicted molar refractivity (Wildman–Crippen MR) is 181 cm³/mol. The molecule has 0 unspecified atom stereocenters. The van der Waals surface area contributed by atoms with Gasteiger partial charge in [-0.05, 0) is 90.7 Å². The molecule has 1 N–H and O–H groups in total. The lowest BCUT2D eigenvalue weighted by atomic mass is 9.94. The van der Waals surface area contributed by atoms with Gasteiger partial charge in [0.05, 0.1) is 34.9 Å². The van der Waals surface area contributed by atoms with Crippen LogP contribution >= 0.6 is 0 Å². The Labute approximate surface area is 262 Å². The quantitative estimate of drug-likeness (QED) is 0.198. The Balaban J connectivity index is 1.31. The molecule has 45 heavy (non-hydrogen) atoms. The molecule has 7 heteroatoms. The van der Waals surface area contributed by atoms with Gasteiger partial charge >= 0.3 is 5.97 Å². The standard InChI is InChI=1S/C38H36N4O3/c1-41(2)28-14-9-24(10-15-28)31-17-16-30(45-3)23-32(31)34-19-11-25-21-26(12-18-33(25)39-34)37-40-35-22-27(38(43)44)13-20-36(35)42(37)29-7-5-4-6-8-29/h9-23,29H,4-8H2,1-3H3,(H,43,44). The topological polar surface area (TPSA) is 80.5 Å². The van der Waals surface area contributed by atoms with E-state index in [1.807, 2.05) is 26.2 Å². The highest BCUT2D eigenvalue weighted by molar-refractivity contribution is 5.94. The third-order valence-electron chi connectivity index (χ3n) is 9.02. The molecule has 7 rings (SSSR count). The Kier molecular flexibility index (Phi) is 7.45. The van der Waals surface area contributed by atoms with Crippen LogP contribution < -0.4 is 9.64 Å². The average molecular weight is 597 g/mol. The third-order valence-corrected chi connectivity index (χ3v) is 9.02. The number of aromatic carboxylic acids is 1. The fourth-order valence-corrected chi connectivity index (χ4v) is 6.61. The molecule has 1 saturated carbocycles. The van der Waals surface area contributed by atoms with E-state index >= 15 is 0 Å². The number of imidazole rings is 1. The number of hydrogen-bond acceptors (Lipinski definition) is 5. The fraction of sp³-hybridized carbons (Fsp3) is 0.237. The van der Waals surface area contributed by atoms with Gasteiger partial charge in [-0.15, -0.1) is 0 Å². The van der Waals surface area contributed by atoms with E-state index in [4.69, 9.17) is 14.7 Å². The second-order valence-electron chi connectivity index (χ2n) is 12.1. The van der Waals surface area contributed by atoms with Crippen LogP contribution in [0.5, 0.6) is 5.75 Å². The first-order chi connectivity index (χ1) is 21.9. The summed E-state index contributed by atoms with van der Waals surface area (Å²) in [6.07, 6.45) is 5.82. The van der Waals surface area contributed by atoms with E-state index in [-0.39, 0.29) is 5.56 Å². The Morgan fingerprint density at radius 1 is 0.800 bits per heavy atom. The minimum atomic E-state index is -0.942. The highest BCUT2D eigenvalue weighted by Gasteiger charge is 2.23. The van der Waals surface area contributed by atoms with E-state index in [9.17, 15) is 9.90 Å². The molecule has 1 aliphatic carbocycles. The van der Waals surface area contributed by atoms with Crippen molar-refractivity contribution in [2.24, 2.45) is 0 Å². The summed E-state index contributed by atoms with van der Waals surface area (Å²) in [7, 11) is 5.77. The number of carboxylic acids is 1. The highest BCUT2D eigenvalue weighted by Crippen LogP contribution is 2.38. The largest absolute Gasteiger partial charge is 0.497 e. The number of benzene rings is 4. The molecule has 0 amide bonds. The van der Waals surface area contributed by atoms with Gasteiger partial charge in [-0.1, -0.05) is 43.5 Å². The van der Waals surface area contributed by atoms with Crippen LogP contribution in [0.4, 0.5) is 5.69 Å². The van der Waals surface area contributed by atoms with Gasteiger partial charge in [0.2, 0.25) is 0 Å². The number of aromatic nitrogens is 3. The highest BCUT2D eigenvalue weighted by atomic mass is 16.5. The van der Waals surface area contributed by atoms with Gasteiger partial charge < -0.3 is 19.3 Å². The van der Waals surface area contributed by atoms with Crippen LogP contribution in [0, 0.1) is 0 Å². The minimum absolute atomic E-state index is 0.253. The molecule has 0 saturated heterocycles. The summed E-state index contributed by atoms with van der Waals surface area (Å²) < 4.78 is 7.94. The lowest BCUT2D eigenvalue weighted by Gasteiger charge is -2.25. The van der Waals surface area contributed by atoms with Crippen molar-refractivity contribution in [3.05, 3.63) is 96.6 Å². The summed E-state index contributed by atoms with van der Waals surface area (Å²) in [6, 6.07) is 30.8. The summed E-state index contributed by atoms with van der Waals surface area (Å²) in [5.41, 5.74) is 9.07. The lowest BCUT2D eigenvalue weighted by molar-refractivity contribution is 0.0697. The maximum Gasteiger partial charge on any atom is 0.335 e. The number of fused-ring (bicyclic) bond motifs is 2. The van der Waals surface area contributed by atoms with Crippen molar-refractivity contribution in [2.75, 3.05) is 26.1 Å². The van der Waals surface area contributed by atoms with E-state index in [2.05, 4.69) is 76.2 Å². The zero-order valence-electron chi connectivity index (χ0n) is 25.8. The Morgan fingerprint density at radius 3 is 2.31 bits per heavy atom. The fourth-order valence-electron chi connectivity index (χ4n) is 6.61. The van der Waals surface area contributed by atoms with Crippen molar-refractivity contribution in [3.8, 4) is 39.5 Å². The van der Waals surface area contributed by atoms with Crippen molar-refractivity contribution in [1.29, 1.82) is 0 Å². The summed E-state index contributed by atoms with van der Waals surface area (Å²) in [4.78, 5) is 23.9. The molecular formula is C38H36N4O3. The van der Waals surface area contributed by atoms with Crippen LogP contribution in [-0.4, -0.2) is 46.8 Å². The molecule has 0 bridgehead atoms. The van der Waals surface area contributed by atoms with E-state index in [0.29, 0.717) is 11.6 Å².